The second kappa shape index (κ2) is 7.46. The Hall–Kier alpha value is -2.77. The highest BCUT2D eigenvalue weighted by Gasteiger charge is 2.14. The Morgan fingerprint density at radius 1 is 1.19 bits per heavy atom. The molecule has 0 spiro atoms. The van der Waals surface area contributed by atoms with E-state index in [1.54, 1.807) is 47.0 Å². The molecular formula is C19H14ClFN4OS. The minimum absolute atomic E-state index is 0.224. The fraction of sp³-hybridized carbons (Fsp3) is 0.105. The topological polar surface area (TPSA) is 59.3 Å². The van der Waals surface area contributed by atoms with Crippen molar-refractivity contribution in [3.05, 3.63) is 76.0 Å². The fourth-order valence-electron chi connectivity index (χ4n) is 2.70. The third kappa shape index (κ3) is 3.56. The average molecular weight is 401 g/mol. The Balaban J connectivity index is 1.48. The lowest BCUT2D eigenvalue weighted by Gasteiger charge is -2.06. The van der Waals surface area contributed by atoms with Gasteiger partial charge < -0.3 is 5.32 Å². The monoisotopic (exact) mass is 400 g/mol. The molecule has 5 nitrogen and oxygen atoms in total. The number of nitrogens with zero attached hydrogens (tertiary/aromatic N) is 3. The molecule has 1 amide bonds. The van der Waals surface area contributed by atoms with Crippen LogP contribution in [0.15, 0.2) is 53.9 Å². The maximum absolute atomic E-state index is 14.0. The van der Waals surface area contributed by atoms with Crippen molar-refractivity contribution in [1.82, 2.24) is 19.9 Å². The molecule has 0 bridgehead atoms. The van der Waals surface area contributed by atoms with Crippen molar-refractivity contribution >= 4 is 33.8 Å². The summed E-state index contributed by atoms with van der Waals surface area (Å²) in [4.78, 5) is 17.3. The van der Waals surface area contributed by atoms with Gasteiger partial charge in [-0.3, -0.25) is 4.79 Å². The molecule has 27 heavy (non-hydrogen) atoms. The number of benzene rings is 2. The van der Waals surface area contributed by atoms with Crippen molar-refractivity contribution in [3.63, 3.8) is 0 Å². The molecular weight excluding hydrogens is 387 g/mol. The summed E-state index contributed by atoms with van der Waals surface area (Å²) in [7, 11) is 0. The Morgan fingerprint density at radius 3 is 2.78 bits per heavy atom. The Bertz CT molecular complexity index is 1120. The summed E-state index contributed by atoms with van der Waals surface area (Å²) < 4.78 is 15.6. The Morgan fingerprint density at radius 2 is 1.96 bits per heavy atom. The summed E-state index contributed by atoms with van der Waals surface area (Å²) in [5.74, 6) is -0.233. The van der Waals surface area contributed by atoms with Crippen molar-refractivity contribution in [2.75, 3.05) is 6.54 Å². The van der Waals surface area contributed by atoms with Gasteiger partial charge in [0.1, 0.15) is 5.82 Å². The number of thiazole rings is 1. The van der Waals surface area contributed by atoms with Crippen LogP contribution >= 0.6 is 22.9 Å². The Kier molecular flexibility index (Phi) is 4.87. The first-order chi connectivity index (χ1) is 13.1. The first-order valence-electron chi connectivity index (χ1n) is 8.24. The smallest absolute Gasteiger partial charge is 0.252 e. The zero-order valence-electron chi connectivity index (χ0n) is 14.0. The van der Waals surface area contributed by atoms with Gasteiger partial charge in [0.05, 0.1) is 21.8 Å². The maximum atomic E-state index is 14.0. The maximum Gasteiger partial charge on any atom is 0.252 e. The highest BCUT2D eigenvalue weighted by atomic mass is 35.5. The van der Waals surface area contributed by atoms with Gasteiger partial charge in [0.2, 0.25) is 4.96 Å². The average Bonchev–Trinajstić information content (AvgIpc) is 3.24. The van der Waals surface area contributed by atoms with E-state index in [1.807, 2.05) is 5.38 Å². The number of aromatic nitrogens is 3. The van der Waals surface area contributed by atoms with Gasteiger partial charge in [-0.05, 0) is 24.3 Å². The van der Waals surface area contributed by atoms with Crippen LogP contribution in [-0.4, -0.2) is 27.0 Å². The van der Waals surface area contributed by atoms with Crippen LogP contribution in [0.3, 0.4) is 0 Å². The van der Waals surface area contributed by atoms with Crippen molar-refractivity contribution in [2.45, 2.75) is 6.42 Å². The molecule has 0 fully saturated rings. The number of carbonyl (C=O) groups excluding carboxylic acids is 1. The highest BCUT2D eigenvalue weighted by molar-refractivity contribution is 7.15. The zero-order chi connectivity index (χ0) is 18.8. The van der Waals surface area contributed by atoms with Gasteiger partial charge in [0.25, 0.3) is 5.91 Å². The lowest BCUT2D eigenvalue weighted by atomic mass is 10.2. The van der Waals surface area contributed by atoms with Gasteiger partial charge >= 0.3 is 0 Å². The minimum atomic E-state index is -0.357. The van der Waals surface area contributed by atoms with E-state index in [9.17, 15) is 9.18 Å². The molecule has 136 valence electrons. The van der Waals surface area contributed by atoms with Crippen LogP contribution in [-0.2, 0) is 6.42 Å². The van der Waals surface area contributed by atoms with E-state index in [1.165, 1.54) is 17.4 Å². The number of amides is 1. The van der Waals surface area contributed by atoms with Gasteiger partial charge in [-0.15, -0.1) is 16.4 Å². The molecule has 0 unspecified atom stereocenters. The summed E-state index contributed by atoms with van der Waals surface area (Å²) in [5, 5.41) is 9.61. The first kappa shape index (κ1) is 17.6. The lowest BCUT2D eigenvalue weighted by Crippen LogP contribution is -2.26. The highest BCUT2D eigenvalue weighted by Crippen LogP contribution is 2.23. The molecule has 0 atom stereocenters. The van der Waals surface area contributed by atoms with Gasteiger partial charge in [0, 0.05) is 18.3 Å². The molecule has 0 aliphatic rings. The second-order valence-corrected chi connectivity index (χ2v) is 7.07. The normalized spacial score (nSPS) is 11.0. The molecule has 0 aliphatic carbocycles. The van der Waals surface area contributed by atoms with Crippen LogP contribution in [0.1, 0.15) is 16.1 Å². The van der Waals surface area contributed by atoms with Crippen LogP contribution < -0.4 is 5.32 Å². The van der Waals surface area contributed by atoms with Crippen molar-refractivity contribution in [1.29, 1.82) is 0 Å². The number of hydrogen-bond donors (Lipinski definition) is 1. The molecule has 0 radical (unpaired) electrons. The first-order valence-corrected chi connectivity index (χ1v) is 9.50. The minimum Gasteiger partial charge on any atom is -0.352 e. The van der Waals surface area contributed by atoms with Gasteiger partial charge in [-0.2, -0.15) is 4.98 Å². The molecule has 1 N–H and O–H groups in total. The summed E-state index contributed by atoms with van der Waals surface area (Å²) in [6, 6.07) is 13.3. The van der Waals surface area contributed by atoms with Crippen molar-refractivity contribution in [2.24, 2.45) is 0 Å². The lowest BCUT2D eigenvalue weighted by molar-refractivity contribution is 0.0954. The predicted molar refractivity (Wildman–Crippen MR) is 104 cm³/mol. The van der Waals surface area contributed by atoms with Crippen LogP contribution in [0.25, 0.3) is 16.3 Å². The van der Waals surface area contributed by atoms with Gasteiger partial charge in [-0.25, -0.2) is 8.91 Å². The molecule has 2 aromatic carbocycles. The third-order valence-corrected chi connectivity index (χ3v) is 5.24. The van der Waals surface area contributed by atoms with Crippen molar-refractivity contribution < 1.29 is 9.18 Å². The van der Waals surface area contributed by atoms with Gasteiger partial charge in [-0.1, -0.05) is 35.9 Å². The van der Waals surface area contributed by atoms with Gasteiger partial charge in [0.15, 0.2) is 5.82 Å². The number of nitrogens with one attached hydrogen (secondary N) is 1. The molecule has 2 aromatic heterocycles. The fourth-order valence-corrected chi connectivity index (χ4v) is 3.78. The number of rotatable bonds is 5. The Labute approximate surface area is 163 Å². The quantitative estimate of drug-likeness (QED) is 0.545. The summed E-state index contributed by atoms with van der Waals surface area (Å²) in [5.41, 5.74) is 1.70. The predicted octanol–water partition coefficient (Wildman–Crippen LogP) is 4.22. The van der Waals surface area contributed by atoms with E-state index in [-0.39, 0.29) is 11.7 Å². The summed E-state index contributed by atoms with van der Waals surface area (Å²) in [6.07, 6.45) is 0.566. The van der Waals surface area contributed by atoms with Crippen LogP contribution in [0.5, 0.6) is 0 Å². The van der Waals surface area contributed by atoms with E-state index in [0.717, 1.165) is 5.69 Å². The van der Waals surface area contributed by atoms with Crippen LogP contribution in [0, 0.1) is 5.82 Å². The van der Waals surface area contributed by atoms with E-state index >= 15 is 0 Å². The molecule has 0 saturated carbocycles. The molecule has 4 aromatic rings. The molecule has 8 heteroatoms. The van der Waals surface area contributed by atoms with E-state index in [0.29, 0.717) is 39.9 Å². The zero-order valence-corrected chi connectivity index (χ0v) is 15.6. The number of carbonyl (C=O) groups is 1. The van der Waals surface area contributed by atoms with Crippen molar-refractivity contribution in [3.8, 4) is 11.4 Å². The standard InChI is InChI=1S/C19H14ClFN4OS/c20-15-7-3-1-5-13(15)18(26)22-10-9-12-11-27-19-23-17(24-25(12)19)14-6-2-4-8-16(14)21/h1-8,11H,9-10H2,(H,22,26). The third-order valence-electron chi connectivity index (χ3n) is 4.05. The van der Waals surface area contributed by atoms with E-state index in [2.05, 4.69) is 15.4 Å². The molecule has 4 rings (SSSR count). The SMILES string of the molecule is O=C(NCCc1csc2nc(-c3ccccc3F)nn12)c1ccccc1Cl. The second-order valence-electron chi connectivity index (χ2n) is 5.82. The van der Waals surface area contributed by atoms with Crippen LogP contribution in [0.4, 0.5) is 4.39 Å². The molecule has 2 heterocycles. The number of fused-ring (bicyclic) bond motifs is 1. The van der Waals surface area contributed by atoms with E-state index < -0.39 is 0 Å². The molecule has 0 aliphatic heterocycles. The van der Waals surface area contributed by atoms with E-state index in [4.69, 9.17) is 11.6 Å². The number of halogens is 2. The summed E-state index contributed by atoms with van der Waals surface area (Å²) in [6.45, 7) is 0.421. The van der Waals surface area contributed by atoms with Crippen LogP contribution in [0.2, 0.25) is 5.02 Å². The summed E-state index contributed by atoms with van der Waals surface area (Å²) >= 11 is 7.46. The largest absolute Gasteiger partial charge is 0.352 e. The molecule has 0 saturated heterocycles. The number of hydrogen-bond acceptors (Lipinski definition) is 4.